The van der Waals surface area contributed by atoms with E-state index in [4.69, 9.17) is 5.73 Å². The maximum Gasteiger partial charge on any atom is 0.241 e. The molecule has 0 unspecified atom stereocenters. The van der Waals surface area contributed by atoms with Gasteiger partial charge in [-0.25, -0.2) is 17.5 Å². The van der Waals surface area contributed by atoms with Crippen molar-refractivity contribution in [3.63, 3.8) is 0 Å². The number of nitrogens with one attached hydrogen (secondary N) is 1. The summed E-state index contributed by atoms with van der Waals surface area (Å²) in [4.78, 5) is 0.142. The van der Waals surface area contributed by atoms with Crippen LogP contribution in [0.1, 0.15) is 31.2 Å². The highest BCUT2D eigenvalue weighted by Gasteiger charge is 2.25. The van der Waals surface area contributed by atoms with E-state index in [1.807, 2.05) is 0 Å². The van der Waals surface area contributed by atoms with Crippen molar-refractivity contribution in [2.24, 2.45) is 5.73 Å². The van der Waals surface area contributed by atoms with Gasteiger partial charge in [-0.15, -0.1) is 0 Å². The summed E-state index contributed by atoms with van der Waals surface area (Å²) in [5.74, 6) is -0.430. The van der Waals surface area contributed by atoms with E-state index in [9.17, 15) is 12.8 Å². The number of nitrogens with two attached hydrogens (primary N) is 1. The Kier molecular flexibility index (Phi) is 4.23. The number of benzene rings is 1. The van der Waals surface area contributed by atoms with Gasteiger partial charge in [-0.05, 0) is 56.4 Å². The van der Waals surface area contributed by atoms with Gasteiger partial charge in [0.25, 0.3) is 0 Å². The van der Waals surface area contributed by atoms with Gasteiger partial charge in [-0.1, -0.05) is 0 Å². The standard InChI is InChI=1S/C13H19FN2O2S/c1-9-8-10(14)2-7-13(9)19(17,18)16-12-5-3-11(15)4-6-12/h2,7-8,11-12,16H,3-6,15H2,1H3. The van der Waals surface area contributed by atoms with Crippen LogP contribution in [0.25, 0.3) is 0 Å². The molecule has 4 nitrogen and oxygen atoms in total. The van der Waals surface area contributed by atoms with Crippen LogP contribution in [-0.4, -0.2) is 20.5 Å². The summed E-state index contributed by atoms with van der Waals surface area (Å²) in [5.41, 5.74) is 6.21. The second-order valence-corrected chi connectivity index (χ2v) is 6.83. The Bertz CT molecular complexity index is 552. The van der Waals surface area contributed by atoms with E-state index >= 15 is 0 Å². The summed E-state index contributed by atoms with van der Waals surface area (Å²) in [7, 11) is -3.58. The van der Waals surface area contributed by atoms with E-state index in [1.54, 1.807) is 6.92 Å². The van der Waals surface area contributed by atoms with Crippen LogP contribution in [0.5, 0.6) is 0 Å². The molecule has 0 atom stereocenters. The third-order valence-electron chi connectivity index (χ3n) is 3.52. The van der Waals surface area contributed by atoms with Gasteiger partial charge in [0.2, 0.25) is 10.0 Å². The average Bonchev–Trinajstić information content (AvgIpc) is 2.31. The first-order valence-electron chi connectivity index (χ1n) is 6.42. The predicted molar refractivity (Wildman–Crippen MR) is 71.7 cm³/mol. The molecule has 1 aliphatic rings. The van der Waals surface area contributed by atoms with E-state index in [1.165, 1.54) is 18.2 Å². The molecule has 2 rings (SSSR count). The van der Waals surface area contributed by atoms with Crippen LogP contribution < -0.4 is 10.5 Å². The fraction of sp³-hybridized carbons (Fsp3) is 0.538. The molecule has 1 fully saturated rings. The normalized spacial score (nSPS) is 24.4. The van der Waals surface area contributed by atoms with Crippen LogP contribution in [0, 0.1) is 12.7 Å². The van der Waals surface area contributed by atoms with Crippen molar-refractivity contribution in [3.8, 4) is 0 Å². The number of rotatable bonds is 3. The minimum absolute atomic E-state index is 0.0748. The largest absolute Gasteiger partial charge is 0.328 e. The number of hydrogen-bond acceptors (Lipinski definition) is 3. The maximum atomic E-state index is 13.0. The van der Waals surface area contributed by atoms with E-state index in [0.29, 0.717) is 5.56 Å². The monoisotopic (exact) mass is 286 g/mol. The fourth-order valence-corrected chi connectivity index (χ4v) is 3.97. The van der Waals surface area contributed by atoms with E-state index in [2.05, 4.69) is 4.72 Å². The van der Waals surface area contributed by atoms with Gasteiger partial charge < -0.3 is 5.73 Å². The summed E-state index contributed by atoms with van der Waals surface area (Å²) in [6, 6.07) is 3.80. The van der Waals surface area contributed by atoms with Gasteiger partial charge >= 0.3 is 0 Å². The first-order valence-corrected chi connectivity index (χ1v) is 7.91. The highest BCUT2D eigenvalue weighted by atomic mass is 32.2. The molecular weight excluding hydrogens is 267 g/mol. The molecular formula is C13H19FN2O2S. The molecule has 3 N–H and O–H groups in total. The minimum Gasteiger partial charge on any atom is -0.328 e. The Balaban J connectivity index is 2.14. The van der Waals surface area contributed by atoms with E-state index in [-0.39, 0.29) is 17.0 Å². The van der Waals surface area contributed by atoms with Gasteiger partial charge in [0.15, 0.2) is 0 Å². The summed E-state index contributed by atoms with van der Waals surface area (Å²) >= 11 is 0. The topological polar surface area (TPSA) is 72.2 Å². The van der Waals surface area contributed by atoms with Crippen LogP contribution in [0.3, 0.4) is 0 Å². The zero-order valence-electron chi connectivity index (χ0n) is 10.9. The van der Waals surface area contributed by atoms with Crippen molar-refractivity contribution in [1.29, 1.82) is 0 Å². The molecule has 1 saturated carbocycles. The molecule has 1 aromatic rings. The maximum absolute atomic E-state index is 13.0. The number of sulfonamides is 1. The molecule has 1 aromatic carbocycles. The van der Waals surface area contributed by atoms with Crippen LogP contribution >= 0.6 is 0 Å². The molecule has 0 bridgehead atoms. The Morgan fingerprint density at radius 3 is 2.47 bits per heavy atom. The van der Waals surface area contributed by atoms with E-state index in [0.717, 1.165) is 25.7 Å². The molecule has 0 heterocycles. The molecule has 19 heavy (non-hydrogen) atoms. The zero-order chi connectivity index (χ0) is 14.0. The van der Waals surface area contributed by atoms with Crippen molar-refractivity contribution in [1.82, 2.24) is 4.72 Å². The van der Waals surface area contributed by atoms with Crippen LogP contribution in [0.2, 0.25) is 0 Å². The summed E-state index contributed by atoms with van der Waals surface area (Å²) in [6.07, 6.45) is 3.16. The van der Waals surface area contributed by atoms with Crippen molar-refractivity contribution in [3.05, 3.63) is 29.6 Å². The average molecular weight is 286 g/mol. The second-order valence-electron chi connectivity index (χ2n) is 5.14. The molecule has 0 saturated heterocycles. The smallest absolute Gasteiger partial charge is 0.241 e. The van der Waals surface area contributed by atoms with Gasteiger partial charge in [-0.2, -0.15) is 0 Å². The highest BCUT2D eigenvalue weighted by Crippen LogP contribution is 2.21. The van der Waals surface area contributed by atoms with Gasteiger partial charge in [0.1, 0.15) is 5.82 Å². The fourth-order valence-electron chi connectivity index (χ4n) is 2.43. The van der Waals surface area contributed by atoms with Crippen molar-refractivity contribution >= 4 is 10.0 Å². The van der Waals surface area contributed by atoms with E-state index < -0.39 is 15.8 Å². The lowest BCUT2D eigenvalue weighted by molar-refractivity contribution is 0.373. The molecule has 0 amide bonds. The van der Waals surface area contributed by atoms with Crippen molar-refractivity contribution in [2.75, 3.05) is 0 Å². The molecule has 106 valence electrons. The first-order chi connectivity index (χ1) is 8.88. The SMILES string of the molecule is Cc1cc(F)ccc1S(=O)(=O)NC1CCC(N)CC1. The quantitative estimate of drug-likeness (QED) is 0.888. The first kappa shape index (κ1) is 14.4. The lowest BCUT2D eigenvalue weighted by Crippen LogP contribution is -2.40. The van der Waals surface area contributed by atoms with Crippen molar-refractivity contribution in [2.45, 2.75) is 49.6 Å². The number of aryl methyl sites for hydroxylation is 1. The Morgan fingerprint density at radius 1 is 1.26 bits per heavy atom. The molecule has 0 aliphatic heterocycles. The van der Waals surface area contributed by atoms with Gasteiger partial charge in [-0.3, -0.25) is 0 Å². The zero-order valence-corrected chi connectivity index (χ0v) is 11.7. The van der Waals surface area contributed by atoms with Crippen molar-refractivity contribution < 1.29 is 12.8 Å². The van der Waals surface area contributed by atoms with Crippen LogP contribution in [-0.2, 0) is 10.0 Å². The molecule has 0 radical (unpaired) electrons. The van der Waals surface area contributed by atoms with Gasteiger partial charge in [0.05, 0.1) is 4.90 Å². The summed E-state index contributed by atoms with van der Waals surface area (Å²) < 4.78 is 40.2. The molecule has 1 aliphatic carbocycles. The summed E-state index contributed by atoms with van der Waals surface area (Å²) in [5, 5.41) is 0. The third kappa shape index (κ3) is 3.52. The lowest BCUT2D eigenvalue weighted by Gasteiger charge is -2.26. The predicted octanol–water partition coefficient (Wildman–Crippen LogP) is 1.68. The molecule has 0 spiro atoms. The lowest BCUT2D eigenvalue weighted by atomic mass is 9.93. The molecule has 0 aromatic heterocycles. The number of halogens is 1. The second kappa shape index (κ2) is 5.56. The summed E-state index contributed by atoms with van der Waals surface area (Å²) in [6.45, 7) is 1.59. The Hall–Kier alpha value is -0.980. The molecule has 6 heteroatoms. The highest BCUT2D eigenvalue weighted by molar-refractivity contribution is 7.89. The van der Waals surface area contributed by atoms with Crippen LogP contribution in [0.4, 0.5) is 4.39 Å². The number of hydrogen-bond donors (Lipinski definition) is 2. The van der Waals surface area contributed by atoms with Crippen LogP contribution in [0.15, 0.2) is 23.1 Å². The third-order valence-corrected chi connectivity index (χ3v) is 5.20. The van der Waals surface area contributed by atoms with Gasteiger partial charge in [0, 0.05) is 12.1 Å². The Labute approximate surface area is 113 Å². The Morgan fingerprint density at radius 2 is 1.89 bits per heavy atom. The minimum atomic E-state index is -3.58.